The topological polar surface area (TPSA) is 124 Å². The molecule has 0 unspecified atom stereocenters. The van der Waals surface area contributed by atoms with Gasteiger partial charge in [0.25, 0.3) is 5.69 Å². The number of thioether (sulfide) groups is 2. The summed E-state index contributed by atoms with van der Waals surface area (Å²) in [5.41, 5.74) is -0.0284. The maximum Gasteiger partial charge on any atom is 0.269 e. The van der Waals surface area contributed by atoms with Gasteiger partial charge in [-0.25, -0.2) is 0 Å². The number of hydrogen-bond donors (Lipinski definition) is 4. The van der Waals surface area contributed by atoms with Crippen LogP contribution in [0.1, 0.15) is 0 Å². The van der Waals surface area contributed by atoms with Crippen LogP contribution in [0.5, 0.6) is 0 Å². The van der Waals surface area contributed by atoms with E-state index in [1.54, 1.807) is 12.1 Å². The Morgan fingerprint density at radius 1 is 1.10 bits per heavy atom. The van der Waals surface area contributed by atoms with Gasteiger partial charge in [-0.2, -0.15) is 0 Å². The van der Waals surface area contributed by atoms with Crippen LogP contribution in [0.3, 0.4) is 0 Å². The Labute approximate surface area is 129 Å². The number of nitro benzene ring substituents is 1. The van der Waals surface area contributed by atoms with E-state index in [4.69, 9.17) is 0 Å². The number of hydrogen-bond acceptors (Lipinski definition) is 8. The summed E-state index contributed by atoms with van der Waals surface area (Å²) >= 11 is 2.44. The van der Waals surface area contributed by atoms with Gasteiger partial charge in [-0.15, -0.1) is 23.5 Å². The van der Waals surface area contributed by atoms with Gasteiger partial charge in [0, 0.05) is 22.8 Å². The summed E-state index contributed by atoms with van der Waals surface area (Å²) in [7, 11) is 0. The highest BCUT2D eigenvalue weighted by atomic mass is 32.2. The Morgan fingerprint density at radius 3 is 2.29 bits per heavy atom. The molecule has 1 aliphatic rings. The first-order valence-corrected chi connectivity index (χ1v) is 8.08. The van der Waals surface area contributed by atoms with Crippen molar-refractivity contribution in [2.24, 2.45) is 0 Å². The Morgan fingerprint density at radius 2 is 1.71 bits per heavy atom. The molecule has 5 atom stereocenters. The maximum absolute atomic E-state index is 10.6. The number of nitro groups is 1. The van der Waals surface area contributed by atoms with E-state index in [1.807, 2.05) is 0 Å². The van der Waals surface area contributed by atoms with E-state index in [0.29, 0.717) is 4.90 Å². The molecular weight excluding hydrogens is 318 g/mol. The molecule has 2 rings (SSSR count). The van der Waals surface area contributed by atoms with Crippen LogP contribution >= 0.6 is 23.5 Å². The van der Waals surface area contributed by atoms with E-state index in [-0.39, 0.29) is 11.4 Å². The average molecular weight is 333 g/mol. The lowest BCUT2D eigenvalue weighted by Crippen LogP contribution is -2.45. The van der Waals surface area contributed by atoms with Crippen molar-refractivity contribution in [2.45, 2.75) is 33.9 Å². The van der Waals surface area contributed by atoms with Crippen LogP contribution in [-0.4, -0.2) is 60.1 Å². The fraction of sp³-hybridized carbons (Fsp3) is 0.500. The first-order valence-electron chi connectivity index (χ1n) is 6.15. The molecule has 1 aromatic carbocycles. The maximum atomic E-state index is 10.6. The molecule has 4 N–H and O–H groups in total. The Balaban J connectivity index is 2.09. The second-order valence-electron chi connectivity index (χ2n) is 4.61. The van der Waals surface area contributed by atoms with Crippen molar-refractivity contribution in [1.29, 1.82) is 0 Å². The molecule has 0 spiro atoms. The number of aliphatic hydroxyl groups is 4. The highest BCUT2D eigenvalue weighted by Gasteiger charge is 2.39. The van der Waals surface area contributed by atoms with Gasteiger partial charge in [0.1, 0.15) is 18.3 Å². The zero-order valence-electron chi connectivity index (χ0n) is 10.8. The number of rotatable bonds is 3. The van der Waals surface area contributed by atoms with Gasteiger partial charge in [-0.05, 0) is 12.1 Å². The van der Waals surface area contributed by atoms with Crippen LogP contribution < -0.4 is 0 Å². The smallest absolute Gasteiger partial charge is 0.269 e. The highest BCUT2D eigenvalue weighted by Crippen LogP contribution is 2.38. The molecular formula is C12H15NO6S2. The Hall–Kier alpha value is -0.840. The molecule has 1 heterocycles. The zero-order chi connectivity index (χ0) is 15.6. The first-order chi connectivity index (χ1) is 9.90. The van der Waals surface area contributed by atoms with Crippen LogP contribution in [0.25, 0.3) is 0 Å². The minimum absolute atomic E-state index is 0.0284. The lowest BCUT2D eigenvalue weighted by Gasteiger charge is -2.25. The fourth-order valence-corrected chi connectivity index (χ4v) is 4.51. The van der Waals surface area contributed by atoms with Crippen molar-refractivity contribution in [2.75, 3.05) is 5.75 Å². The number of nitrogens with zero attached hydrogens (tertiary/aromatic N) is 1. The molecule has 1 aromatic rings. The molecule has 9 heteroatoms. The van der Waals surface area contributed by atoms with Crippen molar-refractivity contribution >= 4 is 29.2 Å². The molecule has 0 radical (unpaired) electrons. The Kier molecular flexibility index (Phi) is 5.47. The zero-order valence-corrected chi connectivity index (χ0v) is 12.4. The van der Waals surface area contributed by atoms with Crippen molar-refractivity contribution < 1.29 is 25.3 Å². The van der Waals surface area contributed by atoms with E-state index in [0.717, 1.165) is 0 Å². The van der Waals surface area contributed by atoms with Crippen LogP contribution in [0.4, 0.5) is 5.69 Å². The summed E-state index contributed by atoms with van der Waals surface area (Å²) in [5.74, 6) is 0.180. The predicted molar refractivity (Wildman–Crippen MR) is 79.2 cm³/mol. The molecule has 0 aromatic heterocycles. The minimum atomic E-state index is -1.44. The summed E-state index contributed by atoms with van der Waals surface area (Å²) in [6.45, 7) is 0. The third kappa shape index (κ3) is 3.87. The molecule has 21 heavy (non-hydrogen) atoms. The second kappa shape index (κ2) is 6.95. The molecule has 7 nitrogen and oxygen atoms in total. The molecule has 0 aliphatic carbocycles. The van der Waals surface area contributed by atoms with E-state index in [2.05, 4.69) is 0 Å². The van der Waals surface area contributed by atoms with Crippen molar-refractivity contribution in [3.05, 3.63) is 34.4 Å². The summed E-state index contributed by atoms with van der Waals surface area (Å²) in [5, 5.41) is 49.6. The molecule has 1 saturated heterocycles. The first kappa shape index (κ1) is 16.5. The lowest BCUT2D eigenvalue weighted by atomic mass is 10.1. The summed E-state index contributed by atoms with van der Waals surface area (Å²) < 4.78 is -0.492. The number of non-ortho nitro benzene ring substituents is 1. The lowest BCUT2D eigenvalue weighted by molar-refractivity contribution is -0.384. The molecule has 0 saturated carbocycles. The third-order valence-corrected chi connectivity index (χ3v) is 6.00. The van der Waals surface area contributed by atoms with Crippen molar-refractivity contribution in [3.8, 4) is 0 Å². The third-order valence-electron chi connectivity index (χ3n) is 3.10. The summed E-state index contributed by atoms with van der Waals surface area (Å²) in [4.78, 5) is 10.8. The minimum Gasteiger partial charge on any atom is -0.389 e. The molecule has 1 fully saturated rings. The molecule has 0 bridgehead atoms. The van der Waals surface area contributed by atoms with E-state index in [1.165, 1.54) is 35.7 Å². The summed E-state index contributed by atoms with van der Waals surface area (Å²) in [6, 6.07) is 5.83. The van der Waals surface area contributed by atoms with Gasteiger partial charge in [0.05, 0.1) is 15.6 Å². The SMILES string of the molecule is O=[N+]([O-])c1ccc(S[C@@H]2SC[C@@H](O)[C@@H](O)[C@H](O)[C@H]2O)cc1. The Bertz CT molecular complexity index is 499. The predicted octanol–water partition coefficient (Wildman–Crippen LogP) is 0.203. The van der Waals surface area contributed by atoms with E-state index >= 15 is 0 Å². The van der Waals surface area contributed by atoms with E-state index < -0.39 is 33.9 Å². The molecule has 1 aliphatic heterocycles. The monoisotopic (exact) mass is 333 g/mol. The van der Waals surface area contributed by atoms with Crippen LogP contribution in [0.2, 0.25) is 0 Å². The second-order valence-corrected chi connectivity index (χ2v) is 7.30. The van der Waals surface area contributed by atoms with Gasteiger partial charge in [-0.1, -0.05) is 0 Å². The fourth-order valence-electron chi connectivity index (χ4n) is 1.87. The van der Waals surface area contributed by atoms with Gasteiger partial charge in [0.15, 0.2) is 0 Å². The number of benzene rings is 1. The van der Waals surface area contributed by atoms with Crippen LogP contribution in [-0.2, 0) is 0 Å². The van der Waals surface area contributed by atoms with Crippen molar-refractivity contribution in [1.82, 2.24) is 0 Å². The molecule has 0 amide bonds. The van der Waals surface area contributed by atoms with Gasteiger partial charge >= 0.3 is 0 Å². The largest absolute Gasteiger partial charge is 0.389 e. The number of aliphatic hydroxyl groups excluding tert-OH is 4. The van der Waals surface area contributed by atoms with Gasteiger partial charge in [0.2, 0.25) is 0 Å². The van der Waals surface area contributed by atoms with Gasteiger partial charge in [-0.3, -0.25) is 10.1 Å². The van der Waals surface area contributed by atoms with Gasteiger partial charge < -0.3 is 20.4 Å². The average Bonchev–Trinajstić information content (AvgIpc) is 2.56. The van der Waals surface area contributed by atoms with Crippen LogP contribution in [0, 0.1) is 10.1 Å². The van der Waals surface area contributed by atoms with Crippen molar-refractivity contribution in [3.63, 3.8) is 0 Å². The van der Waals surface area contributed by atoms with Crippen LogP contribution in [0.15, 0.2) is 29.2 Å². The highest BCUT2D eigenvalue weighted by molar-refractivity contribution is 8.17. The normalized spacial score (nSPS) is 33.4. The standard InChI is InChI=1S/C12H15NO6S2/c14-8-5-20-12(11(17)10(16)9(8)15)21-7-3-1-6(2-4-7)13(18)19/h1-4,8-12,14-17H,5H2/t8-,9-,10+,11-,12+/m1/s1. The quantitative estimate of drug-likeness (QED) is 0.457. The summed E-state index contributed by atoms with van der Waals surface area (Å²) in [6.07, 6.45) is -5.16. The van der Waals surface area contributed by atoms with E-state index in [9.17, 15) is 30.5 Å². The molecule has 116 valence electrons.